The first-order chi connectivity index (χ1) is 10.0. The van der Waals surface area contributed by atoms with Crippen LogP contribution in [0.4, 0.5) is 5.82 Å². The quantitative estimate of drug-likeness (QED) is 0.895. The van der Waals surface area contributed by atoms with E-state index >= 15 is 0 Å². The molecule has 4 heteroatoms. The van der Waals surface area contributed by atoms with Gasteiger partial charge in [-0.25, -0.2) is 4.98 Å². The van der Waals surface area contributed by atoms with Crippen LogP contribution in [0, 0.1) is 20.8 Å². The molecule has 2 aromatic rings. The lowest BCUT2D eigenvalue weighted by atomic mass is 10.1. The van der Waals surface area contributed by atoms with Crippen LogP contribution in [0.15, 0.2) is 18.2 Å². The van der Waals surface area contributed by atoms with Gasteiger partial charge in [-0.15, -0.1) is 0 Å². The fourth-order valence-corrected chi connectivity index (χ4v) is 2.14. The molecule has 1 aromatic heterocycles. The number of aromatic nitrogens is 2. The molecule has 0 bridgehead atoms. The minimum atomic E-state index is 0.631. The molecule has 0 aliphatic rings. The summed E-state index contributed by atoms with van der Waals surface area (Å²) in [4.78, 5) is 9.08. The Morgan fingerprint density at radius 1 is 1.14 bits per heavy atom. The van der Waals surface area contributed by atoms with Crippen molar-refractivity contribution in [3.05, 3.63) is 40.7 Å². The normalized spacial score (nSPS) is 10.5. The molecule has 0 aliphatic carbocycles. The van der Waals surface area contributed by atoms with E-state index in [0.29, 0.717) is 5.88 Å². The number of anilines is 1. The van der Waals surface area contributed by atoms with Crippen LogP contribution in [0.5, 0.6) is 11.6 Å². The van der Waals surface area contributed by atoms with Gasteiger partial charge in [-0.3, -0.25) is 0 Å². The first kappa shape index (κ1) is 15.3. The molecule has 21 heavy (non-hydrogen) atoms. The summed E-state index contributed by atoms with van der Waals surface area (Å²) in [5, 5.41) is 3.12. The Morgan fingerprint density at radius 3 is 2.57 bits per heavy atom. The zero-order valence-corrected chi connectivity index (χ0v) is 13.4. The molecule has 1 heterocycles. The average molecular weight is 285 g/mol. The standard InChI is InChI=1S/C17H23N3O/c1-6-7-15-19-16(18-5)13(4)17(20-15)21-14-10-11(2)8-9-12(14)3/h8-10H,6-7H2,1-5H3,(H,18,19,20). The molecular weight excluding hydrogens is 262 g/mol. The van der Waals surface area contributed by atoms with E-state index in [1.54, 1.807) is 0 Å². The highest BCUT2D eigenvalue weighted by molar-refractivity contribution is 5.50. The molecule has 1 N–H and O–H groups in total. The fraction of sp³-hybridized carbons (Fsp3) is 0.412. The van der Waals surface area contributed by atoms with Crippen molar-refractivity contribution >= 4 is 5.82 Å². The second-order valence-electron chi connectivity index (χ2n) is 5.29. The first-order valence-electron chi connectivity index (χ1n) is 7.35. The van der Waals surface area contributed by atoms with Crippen molar-refractivity contribution in [1.82, 2.24) is 9.97 Å². The van der Waals surface area contributed by atoms with Crippen LogP contribution in [0.25, 0.3) is 0 Å². The van der Waals surface area contributed by atoms with Crippen molar-refractivity contribution < 1.29 is 4.74 Å². The zero-order chi connectivity index (χ0) is 15.4. The number of hydrogen-bond donors (Lipinski definition) is 1. The summed E-state index contributed by atoms with van der Waals surface area (Å²) in [6.07, 6.45) is 1.85. The van der Waals surface area contributed by atoms with E-state index < -0.39 is 0 Å². The summed E-state index contributed by atoms with van der Waals surface area (Å²) in [5.74, 6) is 3.12. The number of benzene rings is 1. The van der Waals surface area contributed by atoms with Gasteiger partial charge >= 0.3 is 0 Å². The predicted octanol–water partition coefficient (Wildman–Crippen LogP) is 4.19. The topological polar surface area (TPSA) is 47.0 Å². The lowest BCUT2D eigenvalue weighted by molar-refractivity contribution is 0.451. The number of rotatable bonds is 5. The summed E-state index contributed by atoms with van der Waals surface area (Å²) in [7, 11) is 1.87. The first-order valence-corrected chi connectivity index (χ1v) is 7.35. The van der Waals surface area contributed by atoms with Crippen LogP contribution in [-0.4, -0.2) is 17.0 Å². The summed E-state index contributed by atoms with van der Waals surface area (Å²) in [6, 6.07) is 6.18. The molecule has 0 spiro atoms. The van der Waals surface area contributed by atoms with Crippen molar-refractivity contribution in [2.75, 3.05) is 12.4 Å². The van der Waals surface area contributed by atoms with E-state index in [9.17, 15) is 0 Å². The number of ether oxygens (including phenoxy) is 1. The van der Waals surface area contributed by atoms with Crippen LogP contribution in [0.2, 0.25) is 0 Å². The predicted molar refractivity (Wildman–Crippen MR) is 86.3 cm³/mol. The van der Waals surface area contributed by atoms with E-state index in [1.807, 2.05) is 27.0 Å². The van der Waals surface area contributed by atoms with E-state index in [1.165, 1.54) is 5.56 Å². The van der Waals surface area contributed by atoms with Crippen molar-refractivity contribution in [2.45, 2.75) is 40.5 Å². The third-order valence-corrected chi connectivity index (χ3v) is 3.41. The van der Waals surface area contributed by atoms with Crippen LogP contribution in [-0.2, 0) is 6.42 Å². The molecule has 0 unspecified atom stereocenters. The van der Waals surface area contributed by atoms with Crippen molar-refractivity contribution in [3.8, 4) is 11.6 Å². The van der Waals surface area contributed by atoms with Crippen molar-refractivity contribution in [1.29, 1.82) is 0 Å². The largest absolute Gasteiger partial charge is 0.438 e. The molecule has 2 rings (SSSR count). The lowest BCUT2D eigenvalue weighted by Gasteiger charge is -2.14. The molecule has 0 amide bonds. The Morgan fingerprint density at radius 2 is 1.90 bits per heavy atom. The highest BCUT2D eigenvalue weighted by Gasteiger charge is 2.13. The summed E-state index contributed by atoms with van der Waals surface area (Å²) >= 11 is 0. The van der Waals surface area contributed by atoms with Crippen LogP contribution in [0.3, 0.4) is 0 Å². The SMILES string of the molecule is CCCc1nc(NC)c(C)c(Oc2cc(C)ccc2C)n1. The minimum Gasteiger partial charge on any atom is -0.438 e. The lowest BCUT2D eigenvalue weighted by Crippen LogP contribution is -2.05. The molecule has 0 saturated carbocycles. The Kier molecular flexibility index (Phi) is 4.78. The van der Waals surface area contributed by atoms with E-state index in [-0.39, 0.29) is 0 Å². The highest BCUT2D eigenvalue weighted by Crippen LogP contribution is 2.29. The Labute approximate surface area is 126 Å². The molecule has 0 radical (unpaired) electrons. The smallest absolute Gasteiger partial charge is 0.227 e. The van der Waals surface area contributed by atoms with Gasteiger partial charge in [0.2, 0.25) is 5.88 Å². The van der Waals surface area contributed by atoms with Crippen LogP contribution >= 0.6 is 0 Å². The van der Waals surface area contributed by atoms with Crippen molar-refractivity contribution in [3.63, 3.8) is 0 Å². The number of nitrogens with zero attached hydrogens (tertiary/aromatic N) is 2. The van der Waals surface area contributed by atoms with Crippen molar-refractivity contribution in [2.24, 2.45) is 0 Å². The van der Waals surface area contributed by atoms with Gasteiger partial charge in [-0.05, 0) is 44.4 Å². The van der Waals surface area contributed by atoms with Gasteiger partial charge in [0.05, 0.1) is 5.56 Å². The Bertz CT molecular complexity index is 638. The average Bonchev–Trinajstić information content (AvgIpc) is 2.46. The van der Waals surface area contributed by atoms with Gasteiger partial charge < -0.3 is 10.1 Å². The fourth-order valence-electron chi connectivity index (χ4n) is 2.14. The maximum absolute atomic E-state index is 6.06. The zero-order valence-electron chi connectivity index (χ0n) is 13.4. The second kappa shape index (κ2) is 6.57. The number of hydrogen-bond acceptors (Lipinski definition) is 4. The van der Waals surface area contributed by atoms with Gasteiger partial charge in [0.15, 0.2) is 0 Å². The van der Waals surface area contributed by atoms with Crippen LogP contribution in [0.1, 0.15) is 35.9 Å². The maximum atomic E-state index is 6.06. The number of nitrogens with one attached hydrogen (secondary N) is 1. The third kappa shape index (κ3) is 3.51. The molecule has 4 nitrogen and oxygen atoms in total. The Balaban J connectivity index is 2.42. The van der Waals surface area contributed by atoms with Gasteiger partial charge in [-0.2, -0.15) is 4.98 Å². The van der Waals surface area contributed by atoms with Gasteiger partial charge in [0, 0.05) is 13.5 Å². The molecule has 0 saturated heterocycles. The molecule has 0 aliphatic heterocycles. The van der Waals surface area contributed by atoms with Gasteiger partial charge in [0.1, 0.15) is 17.4 Å². The van der Waals surface area contributed by atoms with E-state index in [0.717, 1.165) is 41.4 Å². The third-order valence-electron chi connectivity index (χ3n) is 3.41. The molecule has 0 fully saturated rings. The van der Waals surface area contributed by atoms with Gasteiger partial charge in [0.25, 0.3) is 0 Å². The summed E-state index contributed by atoms with van der Waals surface area (Å²) in [6.45, 7) is 8.19. The van der Waals surface area contributed by atoms with E-state index in [4.69, 9.17) is 4.74 Å². The highest BCUT2D eigenvalue weighted by atomic mass is 16.5. The number of aryl methyl sites for hydroxylation is 3. The monoisotopic (exact) mass is 285 g/mol. The second-order valence-corrected chi connectivity index (χ2v) is 5.29. The van der Waals surface area contributed by atoms with Gasteiger partial charge in [-0.1, -0.05) is 19.1 Å². The summed E-state index contributed by atoms with van der Waals surface area (Å²) in [5.41, 5.74) is 3.20. The summed E-state index contributed by atoms with van der Waals surface area (Å²) < 4.78 is 6.06. The molecule has 112 valence electrons. The Hall–Kier alpha value is -2.10. The maximum Gasteiger partial charge on any atom is 0.227 e. The van der Waals surface area contributed by atoms with E-state index in [2.05, 4.69) is 41.3 Å². The minimum absolute atomic E-state index is 0.631. The molecule has 1 aromatic carbocycles. The molecule has 0 atom stereocenters. The van der Waals surface area contributed by atoms with Crippen LogP contribution < -0.4 is 10.1 Å². The molecular formula is C17H23N3O.